The minimum Gasteiger partial charge on any atom is -0.462 e. The number of ether oxygens (including phenoxy) is 3. The van der Waals surface area contributed by atoms with Gasteiger partial charge in [-0.25, -0.2) is 0 Å². The van der Waals surface area contributed by atoms with Crippen LogP contribution in [0, 0.1) is 0 Å². The average molecular weight is 843 g/mol. The summed E-state index contributed by atoms with van der Waals surface area (Å²) in [4.78, 5) is 37.8. The van der Waals surface area contributed by atoms with Crippen molar-refractivity contribution < 1.29 is 28.6 Å². The fourth-order valence-corrected chi connectivity index (χ4v) is 7.41. The molecule has 0 aromatic rings. The number of esters is 3. The summed E-state index contributed by atoms with van der Waals surface area (Å²) in [5.41, 5.74) is 0. The van der Waals surface area contributed by atoms with E-state index in [2.05, 4.69) is 57.2 Å². The van der Waals surface area contributed by atoms with Crippen molar-refractivity contribution in [3.63, 3.8) is 0 Å². The van der Waals surface area contributed by atoms with E-state index in [-0.39, 0.29) is 31.1 Å². The van der Waals surface area contributed by atoms with Crippen LogP contribution in [0.4, 0.5) is 0 Å². The first-order valence-corrected chi connectivity index (χ1v) is 26.0. The maximum absolute atomic E-state index is 12.8. The predicted octanol–water partition coefficient (Wildman–Crippen LogP) is 16.9. The van der Waals surface area contributed by atoms with Crippen LogP contribution in [-0.2, 0) is 28.6 Å². The first-order valence-electron chi connectivity index (χ1n) is 26.0. The van der Waals surface area contributed by atoms with E-state index >= 15 is 0 Å². The Morgan fingerprint density at radius 1 is 0.333 bits per heavy atom. The van der Waals surface area contributed by atoms with Crippen LogP contribution in [0.5, 0.6) is 0 Å². The van der Waals surface area contributed by atoms with Gasteiger partial charge in [-0.3, -0.25) is 14.4 Å². The zero-order chi connectivity index (χ0) is 43.7. The van der Waals surface area contributed by atoms with Gasteiger partial charge in [-0.2, -0.15) is 0 Å². The van der Waals surface area contributed by atoms with Gasteiger partial charge in [-0.1, -0.05) is 211 Å². The number of carbonyl (C=O) groups is 3. The number of allylic oxidation sites excluding steroid dienone is 6. The normalized spacial score (nSPS) is 12.2. The van der Waals surface area contributed by atoms with Gasteiger partial charge >= 0.3 is 17.9 Å². The summed E-state index contributed by atoms with van der Waals surface area (Å²) < 4.78 is 16.7. The topological polar surface area (TPSA) is 78.9 Å². The Morgan fingerprint density at radius 2 is 0.600 bits per heavy atom. The van der Waals surface area contributed by atoms with E-state index in [1.54, 1.807) is 0 Å². The van der Waals surface area contributed by atoms with Crippen molar-refractivity contribution in [1.29, 1.82) is 0 Å². The number of carbonyl (C=O) groups excluding carboxylic acids is 3. The van der Waals surface area contributed by atoms with Gasteiger partial charge < -0.3 is 14.2 Å². The predicted molar refractivity (Wildman–Crippen MR) is 256 cm³/mol. The highest BCUT2D eigenvalue weighted by Crippen LogP contribution is 2.15. The summed E-state index contributed by atoms with van der Waals surface area (Å²) in [6.07, 6.45) is 57.1. The molecule has 0 saturated carbocycles. The van der Waals surface area contributed by atoms with Crippen molar-refractivity contribution >= 4 is 17.9 Å². The minimum absolute atomic E-state index is 0.0773. The quantitative estimate of drug-likeness (QED) is 0.0263. The van der Waals surface area contributed by atoms with E-state index in [9.17, 15) is 14.4 Å². The zero-order valence-electron chi connectivity index (χ0n) is 40.0. The molecule has 0 amide bonds. The average Bonchev–Trinajstić information content (AvgIpc) is 3.24. The number of hydrogen-bond acceptors (Lipinski definition) is 6. The Kier molecular flexibility index (Phi) is 47.3. The largest absolute Gasteiger partial charge is 0.462 e. The molecule has 0 aromatic carbocycles. The SMILES string of the molecule is CCCCCC/C=C\C/C=C\CCCCCCCC(=O)OC(COC(=O)CCCCCCCCCC)COC(=O)CCCCCCCCC/C=C\CCCCCCCCC. The third-order valence-electron chi connectivity index (χ3n) is 11.4. The van der Waals surface area contributed by atoms with Gasteiger partial charge in [0.1, 0.15) is 13.2 Å². The van der Waals surface area contributed by atoms with E-state index in [4.69, 9.17) is 14.2 Å². The maximum Gasteiger partial charge on any atom is 0.306 e. The Morgan fingerprint density at radius 3 is 0.950 bits per heavy atom. The van der Waals surface area contributed by atoms with Gasteiger partial charge in [0.2, 0.25) is 0 Å². The van der Waals surface area contributed by atoms with Gasteiger partial charge in [0, 0.05) is 19.3 Å². The Balaban J connectivity index is 4.29. The molecule has 0 aromatic heterocycles. The molecule has 350 valence electrons. The Bertz CT molecular complexity index is 1020. The molecule has 0 saturated heterocycles. The fourth-order valence-electron chi connectivity index (χ4n) is 7.41. The molecule has 1 unspecified atom stereocenters. The Labute approximate surface area is 372 Å². The van der Waals surface area contributed by atoms with Crippen LogP contribution in [-0.4, -0.2) is 37.2 Å². The van der Waals surface area contributed by atoms with Gasteiger partial charge in [0.05, 0.1) is 0 Å². The van der Waals surface area contributed by atoms with E-state index < -0.39 is 6.10 Å². The van der Waals surface area contributed by atoms with Crippen LogP contribution in [0.1, 0.15) is 271 Å². The molecule has 0 heterocycles. The van der Waals surface area contributed by atoms with E-state index in [0.717, 1.165) is 83.5 Å². The van der Waals surface area contributed by atoms with Crippen molar-refractivity contribution in [1.82, 2.24) is 0 Å². The lowest BCUT2D eigenvalue weighted by molar-refractivity contribution is -0.167. The highest BCUT2D eigenvalue weighted by Gasteiger charge is 2.19. The number of rotatable bonds is 47. The second-order valence-corrected chi connectivity index (χ2v) is 17.4. The van der Waals surface area contributed by atoms with E-state index in [0.29, 0.717) is 19.3 Å². The summed E-state index contributed by atoms with van der Waals surface area (Å²) in [6, 6.07) is 0. The van der Waals surface area contributed by atoms with Crippen molar-refractivity contribution in [2.45, 2.75) is 277 Å². The molecular formula is C54H98O6. The molecule has 0 fully saturated rings. The van der Waals surface area contributed by atoms with Gasteiger partial charge in [-0.15, -0.1) is 0 Å². The first-order chi connectivity index (χ1) is 29.5. The van der Waals surface area contributed by atoms with Crippen LogP contribution in [0.25, 0.3) is 0 Å². The molecule has 0 bridgehead atoms. The molecule has 0 aliphatic heterocycles. The smallest absolute Gasteiger partial charge is 0.306 e. The van der Waals surface area contributed by atoms with Crippen LogP contribution in [0.3, 0.4) is 0 Å². The molecule has 6 nitrogen and oxygen atoms in total. The number of unbranched alkanes of at least 4 members (excludes halogenated alkanes) is 30. The Hall–Kier alpha value is -2.37. The zero-order valence-corrected chi connectivity index (χ0v) is 40.0. The molecule has 0 aliphatic carbocycles. The summed E-state index contributed by atoms with van der Waals surface area (Å²) in [7, 11) is 0. The van der Waals surface area contributed by atoms with Gasteiger partial charge in [0.25, 0.3) is 0 Å². The van der Waals surface area contributed by atoms with E-state index in [1.165, 1.54) is 148 Å². The van der Waals surface area contributed by atoms with Crippen molar-refractivity contribution in [3.8, 4) is 0 Å². The lowest BCUT2D eigenvalue weighted by Gasteiger charge is -2.18. The van der Waals surface area contributed by atoms with E-state index in [1.807, 2.05) is 0 Å². The number of hydrogen-bond donors (Lipinski definition) is 0. The summed E-state index contributed by atoms with van der Waals surface area (Å²) in [6.45, 7) is 6.59. The molecule has 1 atom stereocenters. The second-order valence-electron chi connectivity index (χ2n) is 17.4. The molecular weight excluding hydrogens is 745 g/mol. The maximum atomic E-state index is 12.8. The molecule has 0 spiro atoms. The monoisotopic (exact) mass is 843 g/mol. The van der Waals surface area contributed by atoms with Crippen LogP contribution in [0.15, 0.2) is 36.5 Å². The summed E-state index contributed by atoms with van der Waals surface area (Å²) >= 11 is 0. The second kappa shape index (κ2) is 49.3. The van der Waals surface area contributed by atoms with Gasteiger partial charge in [-0.05, 0) is 77.0 Å². The molecule has 0 radical (unpaired) electrons. The molecule has 0 N–H and O–H groups in total. The minimum atomic E-state index is -0.776. The first kappa shape index (κ1) is 57.6. The fraction of sp³-hybridized carbons (Fsp3) is 0.833. The lowest BCUT2D eigenvalue weighted by atomic mass is 10.1. The van der Waals surface area contributed by atoms with Crippen LogP contribution < -0.4 is 0 Å². The molecule has 0 rings (SSSR count). The van der Waals surface area contributed by atoms with Crippen molar-refractivity contribution in [2.24, 2.45) is 0 Å². The van der Waals surface area contributed by atoms with Crippen molar-refractivity contribution in [2.75, 3.05) is 13.2 Å². The highest BCUT2D eigenvalue weighted by molar-refractivity contribution is 5.71. The third kappa shape index (κ3) is 46.7. The molecule has 6 heteroatoms. The standard InChI is InChI=1S/C54H98O6/c1-4-7-10-13-16-19-21-23-25-27-28-30-31-33-35-38-41-44-47-53(56)59-50-51(49-58-52(55)46-43-40-37-18-15-12-9-6-3)60-54(57)48-45-42-39-36-34-32-29-26-24-22-20-17-14-11-8-5-2/h20,22,25-27,29,51H,4-19,21,23-24,28,30-50H2,1-3H3/b22-20-,27-25-,29-26-. The van der Waals surface area contributed by atoms with Gasteiger partial charge in [0.15, 0.2) is 6.10 Å². The summed E-state index contributed by atoms with van der Waals surface area (Å²) in [5.74, 6) is -0.891. The van der Waals surface area contributed by atoms with Crippen molar-refractivity contribution in [3.05, 3.63) is 36.5 Å². The van der Waals surface area contributed by atoms with Crippen LogP contribution >= 0.6 is 0 Å². The lowest BCUT2D eigenvalue weighted by Crippen LogP contribution is -2.30. The van der Waals surface area contributed by atoms with Crippen LogP contribution in [0.2, 0.25) is 0 Å². The third-order valence-corrected chi connectivity index (χ3v) is 11.4. The molecule has 60 heavy (non-hydrogen) atoms. The highest BCUT2D eigenvalue weighted by atomic mass is 16.6. The summed E-state index contributed by atoms with van der Waals surface area (Å²) in [5, 5.41) is 0. The molecule has 0 aliphatic rings.